The minimum Gasteiger partial charge on any atom is -0.378 e. The molecule has 0 unspecified atom stereocenters. The summed E-state index contributed by atoms with van der Waals surface area (Å²) in [5, 5.41) is 3.53. The zero-order chi connectivity index (χ0) is 21.3. The van der Waals surface area contributed by atoms with Crippen LogP contribution >= 0.6 is 0 Å². The lowest BCUT2D eigenvalue weighted by atomic mass is 10.1. The average Bonchev–Trinajstić information content (AvgIpc) is 2.78. The van der Waals surface area contributed by atoms with Gasteiger partial charge in [0, 0.05) is 42.2 Å². The van der Waals surface area contributed by atoms with Gasteiger partial charge in [-0.15, -0.1) is 0 Å². The molecule has 0 aliphatic carbocycles. The van der Waals surface area contributed by atoms with Gasteiger partial charge in [-0.25, -0.2) is 0 Å². The van der Waals surface area contributed by atoms with E-state index >= 15 is 0 Å². The average molecular weight is 395 g/mol. The van der Waals surface area contributed by atoms with Crippen LogP contribution < -0.4 is 4.90 Å². The molecule has 0 saturated heterocycles. The van der Waals surface area contributed by atoms with E-state index in [1.807, 2.05) is 61.5 Å². The summed E-state index contributed by atoms with van der Waals surface area (Å²) >= 11 is 0. The molecule has 0 aliphatic rings. The van der Waals surface area contributed by atoms with Crippen LogP contribution in [0.3, 0.4) is 0 Å². The number of allylic oxidation sites excluding steroid dienone is 1. The maximum Gasteiger partial charge on any atom is 0.185 e. The van der Waals surface area contributed by atoms with Gasteiger partial charge in [0.1, 0.15) is 0 Å². The molecule has 0 fully saturated rings. The molecule has 0 heterocycles. The van der Waals surface area contributed by atoms with Gasteiger partial charge in [-0.1, -0.05) is 47.6 Å². The quantitative estimate of drug-likeness (QED) is 0.117. The van der Waals surface area contributed by atoms with Crippen LogP contribution in [0.1, 0.15) is 21.5 Å². The lowest BCUT2D eigenvalue weighted by molar-refractivity contribution is 0.104. The molecule has 0 aliphatic heterocycles. The van der Waals surface area contributed by atoms with Crippen LogP contribution in [-0.2, 0) is 0 Å². The molecule has 0 aromatic heterocycles. The minimum atomic E-state index is -0.0594. The molecule has 3 rings (SSSR count). The fourth-order valence-electron chi connectivity index (χ4n) is 2.69. The number of nitrogens with zero attached hydrogens (tertiary/aromatic N) is 5. The molecular weight excluding hydrogens is 374 g/mol. The second-order valence-corrected chi connectivity index (χ2v) is 6.77. The first-order valence-electron chi connectivity index (χ1n) is 9.34. The second kappa shape index (κ2) is 9.87. The van der Waals surface area contributed by atoms with Gasteiger partial charge in [0.25, 0.3) is 0 Å². The van der Waals surface area contributed by atoms with E-state index in [2.05, 4.69) is 15.0 Å². The van der Waals surface area contributed by atoms with E-state index in [1.165, 1.54) is 0 Å². The van der Waals surface area contributed by atoms with E-state index in [-0.39, 0.29) is 5.78 Å². The standard InChI is InChI=1S/C24H21N5O/c1-29(2)23-14-5-18(6-15-23)7-16-24(30)20-8-12-21(13-9-20)26-17-19-3-10-22(11-4-19)27-28-25/h3-17H,1-2H3/b16-7+,26-17?. The van der Waals surface area contributed by atoms with Crippen molar-refractivity contribution in [2.45, 2.75) is 0 Å². The van der Waals surface area contributed by atoms with Gasteiger partial charge in [-0.3, -0.25) is 9.79 Å². The Morgan fingerprint density at radius 2 is 1.47 bits per heavy atom. The van der Waals surface area contributed by atoms with Crippen molar-refractivity contribution in [1.29, 1.82) is 0 Å². The maximum atomic E-state index is 12.4. The summed E-state index contributed by atoms with van der Waals surface area (Å²) in [6, 6.07) is 22.2. The lowest BCUT2D eigenvalue weighted by Gasteiger charge is -2.11. The van der Waals surface area contributed by atoms with Gasteiger partial charge >= 0.3 is 0 Å². The summed E-state index contributed by atoms with van der Waals surface area (Å²) in [5.74, 6) is -0.0594. The molecule has 0 radical (unpaired) electrons. The van der Waals surface area contributed by atoms with E-state index in [0.29, 0.717) is 11.3 Å². The molecule has 30 heavy (non-hydrogen) atoms. The Morgan fingerprint density at radius 3 is 2.07 bits per heavy atom. The predicted molar refractivity (Wildman–Crippen MR) is 123 cm³/mol. The van der Waals surface area contributed by atoms with Gasteiger partial charge in [-0.2, -0.15) is 0 Å². The van der Waals surface area contributed by atoms with E-state index in [4.69, 9.17) is 5.53 Å². The van der Waals surface area contributed by atoms with Crippen LogP contribution in [0.25, 0.3) is 16.5 Å². The van der Waals surface area contributed by atoms with Gasteiger partial charge in [-0.05, 0) is 59.1 Å². The number of aliphatic imine (C=N–C) groups is 1. The van der Waals surface area contributed by atoms with Gasteiger partial charge in [0.2, 0.25) is 0 Å². The number of anilines is 1. The largest absolute Gasteiger partial charge is 0.378 e. The first-order valence-corrected chi connectivity index (χ1v) is 9.34. The topological polar surface area (TPSA) is 81.4 Å². The van der Waals surface area contributed by atoms with E-state index < -0.39 is 0 Å². The fourth-order valence-corrected chi connectivity index (χ4v) is 2.69. The summed E-state index contributed by atoms with van der Waals surface area (Å²) in [6.45, 7) is 0. The Bertz CT molecular complexity index is 1110. The number of ketones is 1. The Kier molecular flexibility index (Phi) is 6.77. The zero-order valence-corrected chi connectivity index (χ0v) is 16.8. The van der Waals surface area contributed by atoms with Crippen molar-refractivity contribution in [3.63, 3.8) is 0 Å². The summed E-state index contributed by atoms with van der Waals surface area (Å²) in [7, 11) is 3.98. The highest BCUT2D eigenvalue weighted by atomic mass is 16.1. The smallest absolute Gasteiger partial charge is 0.185 e. The number of hydrogen-bond donors (Lipinski definition) is 0. The second-order valence-electron chi connectivity index (χ2n) is 6.77. The monoisotopic (exact) mass is 395 g/mol. The van der Waals surface area contributed by atoms with Crippen LogP contribution in [-0.4, -0.2) is 26.1 Å². The highest BCUT2D eigenvalue weighted by Gasteiger charge is 2.02. The number of hydrogen-bond acceptors (Lipinski definition) is 4. The van der Waals surface area contributed by atoms with Crippen molar-refractivity contribution in [3.8, 4) is 0 Å². The number of azide groups is 1. The molecule has 0 spiro atoms. The summed E-state index contributed by atoms with van der Waals surface area (Å²) in [4.78, 5) is 21.6. The molecule has 0 saturated carbocycles. The van der Waals surface area contributed by atoms with Crippen molar-refractivity contribution in [3.05, 3.63) is 106 Å². The number of carbonyl (C=O) groups is 1. The first kappa shape index (κ1) is 20.6. The minimum absolute atomic E-state index is 0.0594. The van der Waals surface area contributed by atoms with Crippen molar-refractivity contribution < 1.29 is 4.79 Å². The van der Waals surface area contributed by atoms with Crippen molar-refractivity contribution in [2.75, 3.05) is 19.0 Å². The SMILES string of the molecule is CN(C)c1ccc(/C=C/C(=O)c2ccc(N=Cc3ccc(N=[N+]=[N-])cc3)cc2)cc1. The molecular formula is C24H21N5O. The fraction of sp³-hybridized carbons (Fsp3) is 0.0833. The van der Waals surface area contributed by atoms with Crippen LogP contribution in [0.5, 0.6) is 0 Å². The van der Waals surface area contributed by atoms with Crippen molar-refractivity contribution >= 4 is 35.1 Å². The zero-order valence-electron chi connectivity index (χ0n) is 16.8. The van der Waals surface area contributed by atoms with Gasteiger partial charge < -0.3 is 4.90 Å². The Labute approximate surface area is 175 Å². The van der Waals surface area contributed by atoms with Crippen LogP contribution in [0, 0.1) is 0 Å². The molecule has 3 aromatic rings. The number of rotatable bonds is 7. The molecule has 0 N–H and O–H groups in total. The van der Waals surface area contributed by atoms with Gasteiger partial charge in [0.05, 0.1) is 5.69 Å². The van der Waals surface area contributed by atoms with Gasteiger partial charge in [0.15, 0.2) is 5.78 Å². The number of benzene rings is 3. The molecule has 0 bridgehead atoms. The third-order valence-corrected chi connectivity index (χ3v) is 4.40. The molecule has 6 nitrogen and oxygen atoms in total. The molecule has 148 valence electrons. The Balaban J connectivity index is 1.62. The van der Waals surface area contributed by atoms with Crippen molar-refractivity contribution in [1.82, 2.24) is 0 Å². The molecule has 6 heteroatoms. The third-order valence-electron chi connectivity index (χ3n) is 4.40. The summed E-state index contributed by atoms with van der Waals surface area (Å²) in [6.07, 6.45) is 5.11. The van der Waals surface area contributed by atoms with E-state index in [0.717, 1.165) is 22.5 Å². The van der Waals surface area contributed by atoms with E-state index in [9.17, 15) is 4.79 Å². The van der Waals surface area contributed by atoms with E-state index in [1.54, 1.807) is 48.7 Å². The molecule has 0 amide bonds. The summed E-state index contributed by atoms with van der Waals surface area (Å²) < 4.78 is 0. The van der Waals surface area contributed by atoms with Crippen LogP contribution in [0.15, 0.2) is 89.0 Å². The Morgan fingerprint density at radius 1 is 0.867 bits per heavy atom. The van der Waals surface area contributed by atoms with Crippen LogP contribution in [0.4, 0.5) is 17.1 Å². The maximum absolute atomic E-state index is 12.4. The highest BCUT2D eigenvalue weighted by Crippen LogP contribution is 2.17. The third kappa shape index (κ3) is 5.67. The normalized spacial score (nSPS) is 10.9. The van der Waals surface area contributed by atoms with Crippen LogP contribution in [0.2, 0.25) is 0 Å². The predicted octanol–water partition coefficient (Wildman–Crippen LogP) is 6.34. The highest BCUT2D eigenvalue weighted by molar-refractivity contribution is 6.07. The number of carbonyl (C=O) groups excluding carboxylic acids is 1. The Hall–Kier alpha value is -4.15. The molecule has 3 aromatic carbocycles. The summed E-state index contributed by atoms with van der Waals surface area (Å²) in [5.41, 5.74) is 13.3. The first-order chi connectivity index (χ1) is 14.5. The lowest BCUT2D eigenvalue weighted by Crippen LogP contribution is -2.07. The van der Waals surface area contributed by atoms with Crippen molar-refractivity contribution in [2.24, 2.45) is 10.1 Å². The molecule has 0 atom stereocenters.